The molecule has 1 atom stereocenters. The number of nitrogens with one attached hydrogen (secondary N) is 1. The highest BCUT2D eigenvalue weighted by atomic mass is 35.5. The van der Waals surface area contributed by atoms with Gasteiger partial charge in [0.15, 0.2) is 0 Å². The van der Waals surface area contributed by atoms with E-state index in [1.54, 1.807) is 50.4 Å². The van der Waals surface area contributed by atoms with Gasteiger partial charge < -0.3 is 15.0 Å². The van der Waals surface area contributed by atoms with Crippen molar-refractivity contribution >= 4 is 39.1 Å². The van der Waals surface area contributed by atoms with Crippen molar-refractivity contribution in [2.24, 2.45) is 0 Å². The zero-order chi connectivity index (χ0) is 27.3. The number of sulfonamides is 1. The van der Waals surface area contributed by atoms with Gasteiger partial charge in [0, 0.05) is 17.1 Å². The van der Waals surface area contributed by atoms with Gasteiger partial charge >= 0.3 is 0 Å². The lowest BCUT2D eigenvalue weighted by Gasteiger charge is -2.34. The molecule has 0 aromatic heterocycles. The van der Waals surface area contributed by atoms with Crippen LogP contribution in [0.2, 0.25) is 5.02 Å². The normalized spacial score (nSPS) is 12.6. The fraction of sp³-hybridized carbons (Fsp3) is 0.462. The Balaban J connectivity index is 2.52. The van der Waals surface area contributed by atoms with Gasteiger partial charge in [-0.25, -0.2) is 8.42 Å². The number of hydrogen-bond acceptors (Lipinski definition) is 5. The summed E-state index contributed by atoms with van der Waals surface area (Å²) in [5.74, 6) is -0.218. The first-order valence-corrected chi connectivity index (χ1v) is 13.9. The largest absolute Gasteiger partial charge is 0.497 e. The maximum absolute atomic E-state index is 13.8. The van der Waals surface area contributed by atoms with Gasteiger partial charge in [0.05, 0.1) is 19.1 Å². The van der Waals surface area contributed by atoms with Crippen LogP contribution >= 0.6 is 11.6 Å². The number of methoxy groups -OCH3 is 1. The van der Waals surface area contributed by atoms with Gasteiger partial charge in [0.2, 0.25) is 21.8 Å². The Kier molecular flexibility index (Phi) is 9.79. The van der Waals surface area contributed by atoms with Crippen LogP contribution in [0.4, 0.5) is 5.69 Å². The lowest BCUT2D eigenvalue weighted by Crippen LogP contribution is -2.55. The first kappa shape index (κ1) is 29.5. The van der Waals surface area contributed by atoms with Crippen molar-refractivity contribution in [3.05, 3.63) is 58.6 Å². The lowest BCUT2D eigenvalue weighted by molar-refractivity contribution is -0.141. The molecule has 2 aromatic carbocycles. The first-order chi connectivity index (χ1) is 16.7. The molecule has 0 spiro atoms. The number of halogens is 1. The molecule has 0 bridgehead atoms. The van der Waals surface area contributed by atoms with Crippen LogP contribution < -0.4 is 14.4 Å². The molecule has 0 heterocycles. The number of rotatable bonds is 10. The Morgan fingerprint density at radius 2 is 1.78 bits per heavy atom. The summed E-state index contributed by atoms with van der Waals surface area (Å²) in [5.41, 5.74) is 1.09. The second kappa shape index (κ2) is 12.0. The molecule has 0 unspecified atom stereocenters. The van der Waals surface area contributed by atoms with Crippen LogP contribution in [0.1, 0.15) is 45.2 Å². The highest BCUT2D eigenvalue weighted by Crippen LogP contribution is 2.28. The Labute approximate surface area is 219 Å². The molecule has 2 aromatic rings. The summed E-state index contributed by atoms with van der Waals surface area (Å²) in [6.07, 6.45) is 1.38. The SMILES string of the molecule is CC[C@H](C(=O)NC(C)(C)C)N(Cc1cccc(OC)c1)C(=O)CN(c1cccc(Cl)c1C)S(C)(=O)=O. The molecule has 2 rings (SSSR count). The topological polar surface area (TPSA) is 96.0 Å². The van der Waals surface area contributed by atoms with Crippen molar-refractivity contribution in [2.45, 2.75) is 59.2 Å². The number of hydrogen-bond donors (Lipinski definition) is 1. The lowest BCUT2D eigenvalue weighted by atomic mass is 10.1. The molecule has 0 aliphatic heterocycles. The second-order valence-corrected chi connectivity index (χ2v) is 12.0. The van der Waals surface area contributed by atoms with E-state index in [1.807, 2.05) is 33.8 Å². The molecule has 0 aliphatic rings. The molecular weight excluding hydrogens is 502 g/mol. The third kappa shape index (κ3) is 7.86. The van der Waals surface area contributed by atoms with Crippen LogP contribution in [-0.4, -0.2) is 56.6 Å². The van der Waals surface area contributed by atoms with E-state index in [4.69, 9.17) is 16.3 Å². The van der Waals surface area contributed by atoms with Gasteiger partial charge in [0.25, 0.3) is 0 Å². The van der Waals surface area contributed by atoms with E-state index >= 15 is 0 Å². The molecule has 0 saturated carbocycles. The molecule has 8 nitrogen and oxygen atoms in total. The standard InChI is InChI=1S/C26H36ClN3O5S/c1-8-22(25(32)28-26(3,4)5)29(16-19-11-9-12-20(15-19)35-6)24(31)17-30(36(7,33)34)23-14-10-13-21(27)18(23)2/h9-15,22H,8,16-17H2,1-7H3,(H,28,32)/t22-/m1/s1. The Hall–Kier alpha value is -2.78. The van der Waals surface area contributed by atoms with Crippen LogP contribution in [-0.2, 0) is 26.2 Å². The average Bonchev–Trinajstić information content (AvgIpc) is 2.77. The highest BCUT2D eigenvalue weighted by Gasteiger charge is 2.33. The van der Waals surface area contributed by atoms with Gasteiger partial charge in [-0.1, -0.05) is 36.7 Å². The quantitative estimate of drug-likeness (QED) is 0.491. The van der Waals surface area contributed by atoms with Gasteiger partial charge in [0.1, 0.15) is 18.3 Å². The van der Waals surface area contributed by atoms with Gasteiger partial charge in [-0.15, -0.1) is 0 Å². The predicted molar refractivity (Wildman–Crippen MR) is 144 cm³/mol. The first-order valence-electron chi connectivity index (χ1n) is 11.6. The highest BCUT2D eigenvalue weighted by molar-refractivity contribution is 7.92. The van der Waals surface area contributed by atoms with Crippen LogP contribution in [0.3, 0.4) is 0 Å². The van der Waals surface area contributed by atoms with E-state index in [0.717, 1.165) is 16.1 Å². The molecule has 0 aliphatic carbocycles. The third-order valence-electron chi connectivity index (χ3n) is 5.56. The third-order valence-corrected chi connectivity index (χ3v) is 7.09. The molecule has 1 N–H and O–H groups in total. The summed E-state index contributed by atoms with van der Waals surface area (Å²) in [6.45, 7) is 8.70. The predicted octanol–water partition coefficient (Wildman–Crippen LogP) is 4.15. The van der Waals surface area contributed by atoms with E-state index in [1.165, 1.54) is 4.90 Å². The maximum atomic E-state index is 13.8. The summed E-state index contributed by atoms with van der Waals surface area (Å²) in [7, 11) is -2.30. The summed E-state index contributed by atoms with van der Waals surface area (Å²) < 4.78 is 31.9. The zero-order valence-electron chi connectivity index (χ0n) is 22.0. The number of nitrogens with zero attached hydrogens (tertiary/aromatic N) is 2. The fourth-order valence-corrected chi connectivity index (χ4v) is 4.87. The molecular formula is C26H36ClN3O5S. The van der Waals surface area contributed by atoms with Crippen LogP contribution in [0.15, 0.2) is 42.5 Å². The van der Waals surface area contributed by atoms with Crippen molar-refractivity contribution < 1.29 is 22.7 Å². The van der Waals surface area contributed by atoms with Crippen LogP contribution in [0.5, 0.6) is 5.75 Å². The van der Waals surface area contributed by atoms with Crippen molar-refractivity contribution in [1.29, 1.82) is 0 Å². The minimum absolute atomic E-state index is 0.0955. The van der Waals surface area contributed by atoms with Gasteiger partial charge in [-0.2, -0.15) is 0 Å². The summed E-state index contributed by atoms with van der Waals surface area (Å²) in [5, 5.41) is 3.33. The van der Waals surface area contributed by atoms with Crippen molar-refractivity contribution in [2.75, 3.05) is 24.2 Å². The summed E-state index contributed by atoms with van der Waals surface area (Å²) in [4.78, 5) is 28.4. The average molecular weight is 538 g/mol. The molecule has 198 valence electrons. The molecule has 2 amide bonds. The van der Waals surface area contributed by atoms with Crippen molar-refractivity contribution in [3.8, 4) is 5.75 Å². The molecule has 10 heteroatoms. The molecule has 36 heavy (non-hydrogen) atoms. The van der Waals surface area contributed by atoms with E-state index in [9.17, 15) is 18.0 Å². The van der Waals surface area contributed by atoms with Gasteiger partial charge in [-0.3, -0.25) is 13.9 Å². The van der Waals surface area contributed by atoms with Crippen molar-refractivity contribution in [3.63, 3.8) is 0 Å². The number of anilines is 1. The number of ether oxygens (including phenoxy) is 1. The molecule has 0 saturated heterocycles. The smallest absolute Gasteiger partial charge is 0.244 e. The van der Waals surface area contributed by atoms with E-state index in [2.05, 4.69) is 5.32 Å². The van der Waals surface area contributed by atoms with Crippen LogP contribution in [0.25, 0.3) is 0 Å². The molecule has 0 radical (unpaired) electrons. The van der Waals surface area contributed by atoms with E-state index in [-0.39, 0.29) is 12.5 Å². The Morgan fingerprint density at radius 1 is 1.14 bits per heavy atom. The number of benzene rings is 2. The summed E-state index contributed by atoms with van der Waals surface area (Å²) in [6, 6.07) is 11.3. The number of carbonyl (C=O) groups is 2. The van der Waals surface area contributed by atoms with E-state index in [0.29, 0.717) is 28.4 Å². The number of amides is 2. The van der Waals surface area contributed by atoms with Crippen molar-refractivity contribution in [1.82, 2.24) is 10.2 Å². The minimum atomic E-state index is -3.84. The second-order valence-electron chi connectivity index (χ2n) is 9.69. The monoisotopic (exact) mass is 537 g/mol. The zero-order valence-corrected chi connectivity index (χ0v) is 23.5. The van der Waals surface area contributed by atoms with E-state index < -0.39 is 34.1 Å². The Bertz CT molecular complexity index is 1190. The van der Waals surface area contributed by atoms with Crippen LogP contribution in [0, 0.1) is 6.92 Å². The maximum Gasteiger partial charge on any atom is 0.244 e. The minimum Gasteiger partial charge on any atom is -0.497 e. The number of carbonyl (C=O) groups excluding carboxylic acids is 2. The fourth-order valence-electron chi connectivity index (χ4n) is 3.80. The molecule has 0 fully saturated rings. The van der Waals surface area contributed by atoms with Gasteiger partial charge in [-0.05, 0) is 69.5 Å². The Morgan fingerprint density at radius 3 is 2.33 bits per heavy atom. The summed E-state index contributed by atoms with van der Waals surface area (Å²) >= 11 is 6.24.